The van der Waals surface area contributed by atoms with E-state index in [1.165, 1.54) is 11.3 Å². The van der Waals surface area contributed by atoms with E-state index < -0.39 is 10.0 Å². The zero-order valence-corrected chi connectivity index (χ0v) is 12.9. The predicted octanol–water partition coefficient (Wildman–Crippen LogP) is 1.98. The van der Waals surface area contributed by atoms with Crippen molar-refractivity contribution in [3.8, 4) is 0 Å². The van der Waals surface area contributed by atoms with E-state index in [4.69, 9.17) is 0 Å². The topological polar surface area (TPSA) is 58.2 Å². The maximum Gasteiger partial charge on any atom is 0.250 e. The van der Waals surface area contributed by atoms with Crippen LogP contribution in [0.5, 0.6) is 0 Å². The Hall–Kier alpha value is -0.430. The fourth-order valence-electron chi connectivity index (χ4n) is 1.77. The Morgan fingerprint density at radius 2 is 2.11 bits per heavy atom. The third-order valence-electron chi connectivity index (χ3n) is 3.14. The highest BCUT2D eigenvalue weighted by molar-refractivity contribution is 7.91. The second-order valence-corrected chi connectivity index (χ2v) is 8.18. The first kappa shape index (κ1) is 15.0. The van der Waals surface area contributed by atoms with Crippen LogP contribution in [-0.2, 0) is 16.4 Å². The maximum atomic E-state index is 12.0. The van der Waals surface area contributed by atoms with Gasteiger partial charge in [0.05, 0.1) is 0 Å². The van der Waals surface area contributed by atoms with Gasteiger partial charge in [0.15, 0.2) is 0 Å². The minimum atomic E-state index is -3.28. The van der Waals surface area contributed by atoms with Crippen molar-refractivity contribution >= 4 is 21.4 Å². The molecule has 1 aromatic rings. The summed E-state index contributed by atoms with van der Waals surface area (Å²) in [7, 11) is -3.28. The van der Waals surface area contributed by atoms with Gasteiger partial charge in [0.25, 0.3) is 0 Å². The van der Waals surface area contributed by atoms with Crippen molar-refractivity contribution in [3.05, 3.63) is 17.0 Å². The molecule has 0 spiro atoms. The zero-order valence-electron chi connectivity index (χ0n) is 11.3. The minimum absolute atomic E-state index is 0.443. The Labute approximate surface area is 119 Å². The van der Waals surface area contributed by atoms with Gasteiger partial charge in [-0.1, -0.05) is 6.92 Å². The molecule has 108 valence electrons. The smallest absolute Gasteiger partial charge is 0.250 e. The van der Waals surface area contributed by atoms with Crippen LogP contribution in [0, 0.1) is 5.92 Å². The van der Waals surface area contributed by atoms with Gasteiger partial charge in [0, 0.05) is 11.4 Å². The summed E-state index contributed by atoms with van der Waals surface area (Å²) < 4.78 is 27.2. The van der Waals surface area contributed by atoms with E-state index in [1.807, 2.05) is 6.07 Å². The third-order valence-corrected chi connectivity index (χ3v) is 6.20. The SMILES string of the molecule is CCCNCCc1ccc(S(=O)(=O)NCC2CC2)s1. The molecule has 6 heteroatoms. The second kappa shape index (κ2) is 6.83. The standard InChI is InChI=1S/C13H22N2O2S2/c1-2-8-14-9-7-12-5-6-13(18-12)19(16,17)15-10-11-3-4-11/h5-6,11,14-15H,2-4,7-10H2,1H3. The molecule has 0 bridgehead atoms. The van der Waals surface area contributed by atoms with Crippen LogP contribution < -0.4 is 10.0 Å². The molecule has 1 aliphatic rings. The summed E-state index contributed by atoms with van der Waals surface area (Å²) in [5.41, 5.74) is 0. The molecule has 2 N–H and O–H groups in total. The lowest BCUT2D eigenvalue weighted by molar-refractivity contribution is 0.579. The van der Waals surface area contributed by atoms with Gasteiger partial charge in [-0.3, -0.25) is 0 Å². The zero-order chi connectivity index (χ0) is 13.7. The van der Waals surface area contributed by atoms with Crippen LogP contribution in [-0.4, -0.2) is 28.1 Å². The van der Waals surface area contributed by atoms with Gasteiger partial charge in [-0.15, -0.1) is 11.3 Å². The molecule has 4 nitrogen and oxygen atoms in total. The normalized spacial score (nSPS) is 15.8. The molecule has 1 fully saturated rings. The van der Waals surface area contributed by atoms with Gasteiger partial charge in [-0.05, 0) is 56.8 Å². The van der Waals surface area contributed by atoms with Crippen LogP contribution in [0.2, 0.25) is 0 Å². The summed E-state index contributed by atoms with van der Waals surface area (Å²) in [6.07, 6.45) is 4.32. The molecule has 1 saturated carbocycles. The first-order chi connectivity index (χ1) is 9.12. The third kappa shape index (κ3) is 4.87. The molecular weight excluding hydrogens is 280 g/mol. The van der Waals surface area contributed by atoms with Crippen LogP contribution in [0.15, 0.2) is 16.3 Å². The molecule has 2 rings (SSSR count). The molecule has 1 aliphatic carbocycles. The maximum absolute atomic E-state index is 12.0. The summed E-state index contributed by atoms with van der Waals surface area (Å²) in [5.74, 6) is 0.562. The van der Waals surface area contributed by atoms with Crippen molar-refractivity contribution in [3.63, 3.8) is 0 Å². The van der Waals surface area contributed by atoms with Crippen LogP contribution >= 0.6 is 11.3 Å². The summed E-state index contributed by atoms with van der Waals surface area (Å²) in [5, 5.41) is 3.32. The number of sulfonamides is 1. The average molecular weight is 302 g/mol. The van der Waals surface area contributed by atoms with Crippen LogP contribution in [0.4, 0.5) is 0 Å². The van der Waals surface area contributed by atoms with E-state index in [0.29, 0.717) is 16.7 Å². The fraction of sp³-hybridized carbons (Fsp3) is 0.692. The molecule has 0 amide bonds. The quantitative estimate of drug-likeness (QED) is 0.686. The summed E-state index contributed by atoms with van der Waals surface area (Å²) >= 11 is 1.38. The Bertz CT molecular complexity index is 492. The first-order valence-electron chi connectivity index (χ1n) is 6.91. The van der Waals surface area contributed by atoms with Crippen molar-refractivity contribution in [1.82, 2.24) is 10.0 Å². The Kier molecular flexibility index (Phi) is 5.38. The van der Waals surface area contributed by atoms with E-state index in [-0.39, 0.29) is 0 Å². The average Bonchev–Trinajstić information content (AvgIpc) is 3.09. The number of nitrogens with one attached hydrogen (secondary N) is 2. The van der Waals surface area contributed by atoms with Gasteiger partial charge in [0.2, 0.25) is 10.0 Å². The summed E-state index contributed by atoms with van der Waals surface area (Å²) in [6, 6.07) is 3.64. The highest BCUT2D eigenvalue weighted by Crippen LogP contribution is 2.29. The molecule has 0 unspecified atom stereocenters. The van der Waals surface area contributed by atoms with E-state index >= 15 is 0 Å². The lowest BCUT2D eigenvalue weighted by Crippen LogP contribution is -2.25. The van der Waals surface area contributed by atoms with Gasteiger partial charge >= 0.3 is 0 Å². The Morgan fingerprint density at radius 3 is 2.79 bits per heavy atom. The van der Waals surface area contributed by atoms with Crippen LogP contribution in [0.25, 0.3) is 0 Å². The van der Waals surface area contributed by atoms with E-state index in [9.17, 15) is 8.42 Å². The highest BCUT2D eigenvalue weighted by atomic mass is 32.2. The molecule has 0 aliphatic heterocycles. The lowest BCUT2D eigenvalue weighted by Gasteiger charge is -2.03. The second-order valence-electron chi connectivity index (χ2n) is 5.02. The number of hydrogen-bond donors (Lipinski definition) is 2. The number of hydrogen-bond acceptors (Lipinski definition) is 4. The largest absolute Gasteiger partial charge is 0.316 e. The van der Waals surface area contributed by atoms with Gasteiger partial charge in [0.1, 0.15) is 4.21 Å². The summed E-state index contributed by atoms with van der Waals surface area (Å²) in [6.45, 7) is 4.64. The molecule has 0 radical (unpaired) electrons. The van der Waals surface area contributed by atoms with Gasteiger partial charge < -0.3 is 5.32 Å². The van der Waals surface area contributed by atoms with Gasteiger partial charge in [-0.2, -0.15) is 0 Å². The molecule has 0 saturated heterocycles. The highest BCUT2D eigenvalue weighted by Gasteiger charge is 2.24. The minimum Gasteiger partial charge on any atom is -0.316 e. The molecule has 1 heterocycles. The first-order valence-corrected chi connectivity index (χ1v) is 9.21. The van der Waals surface area contributed by atoms with Crippen molar-refractivity contribution in [2.24, 2.45) is 5.92 Å². The lowest BCUT2D eigenvalue weighted by atomic mass is 10.3. The number of rotatable bonds is 9. The Morgan fingerprint density at radius 1 is 1.32 bits per heavy atom. The monoisotopic (exact) mass is 302 g/mol. The van der Waals surface area contributed by atoms with E-state index in [2.05, 4.69) is 17.0 Å². The molecule has 0 aromatic carbocycles. The van der Waals surface area contributed by atoms with E-state index in [1.54, 1.807) is 6.07 Å². The summed E-state index contributed by atoms with van der Waals surface area (Å²) in [4.78, 5) is 1.12. The Balaban J connectivity index is 1.84. The fourth-order valence-corrected chi connectivity index (χ4v) is 4.29. The van der Waals surface area contributed by atoms with Crippen LogP contribution in [0.3, 0.4) is 0 Å². The van der Waals surface area contributed by atoms with Crippen molar-refractivity contribution in [2.45, 2.75) is 36.8 Å². The molecule has 0 atom stereocenters. The van der Waals surface area contributed by atoms with Crippen molar-refractivity contribution in [2.75, 3.05) is 19.6 Å². The van der Waals surface area contributed by atoms with Crippen molar-refractivity contribution in [1.29, 1.82) is 0 Å². The van der Waals surface area contributed by atoms with Crippen LogP contribution in [0.1, 0.15) is 31.1 Å². The molecular formula is C13H22N2O2S2. The van der Waals surface area contributed by atoms with E-state index in [0.717, 1.165) is 43.6 Å². The molecule has 1 aromatic heterocycles. The predicted molar refractivity (Wildman–Crippen MR) is 79.1 cm³/mol. The molecule has 19 heavy (non-hydrogen) atoms. The number of thiophene rings is 1. The van der Waals surface area contributed by atoms with Gasteiger partial charge in [-0.25, -0.2) is 13.1 Å². The van der Waals surface area contributed by atoms with Crippen molar-refractivity contribution < 1.29 is 8.42 Å².